The maximum absolute atomic E-state index is 12.8. The van der Waals surface area contributed by atoms with E-state index >= 15 is 0 Å². The van der Waals surface area contributed by atoms with Gasteiger partial charge in [0.25, 0.3) is 5.91 Å². The van der Waals surface area contributed by atoms with Crippen LogP contribution in [-0.2, 0) is 4.74 Å². The lowest BCUT2D eigenvalue weighted by Crippen LogP contribution is -2.23. The number of aryl methyl sites for hydroxylation is 3. The number of ether oxygens (including phenoxy) is 1. The van der Waals surface area contributed by atoms with Crippen LogP contribution in [0.2, 0.25) is 0 Å². The largest absolute Gasteiger partial charge is 0.450 e. The standard InChI is InChI=1S/C21H20N2O4/c1-12-7-8-13(2)18-17(12)14(3)19(27-18)20(24)22-15-5-4-6-16(11-15)23-9-10-26-21(23)25/h4-8,11H,9-10H2,1-3H3,(H,22,24). The van der Waals surface area contributed by atoms with Gasteiger partial charge in [-0.3, -0.25) is 9.69 Å². The van der Waals surface area contributed by atoms with Crippen LogP contribution in [0.25, 0.3) is 11.0 Å². The van der Waals surface area contributed by atoms with E-state index in [1.807, 2.05) is 32.9 Å². The van der Waals surface area contributed by atoms with Gasteiger partial charge in [0.05, 0.1) is 6.54 Å². The molecule has 138 valence electrons. The zero-order valence-corrected chi connectivity index (χ0v) is 15.5. The summed E-state index contributed by atoms with van der Waals surface area (Å²) in [5.41, 5.74) is 4.90. The number of nitrogens with zero attached hydrogens (tertiary/aromatic N) is 1. The minimum atomic E-state index is -0.377. The van der Waals surface area contributed by atoms with Gasteiger partial charge in [0.15, 0.2) is 5.76 Å². The van der Waals surface area contributed by atoms with E-state index in [9.17, 15) is 9.59 Å². The molecule has 6 nitrogen and oxygen atoms in total. The SMILES string of the molecule is Cc1ccc(C)c2c(C)c(C(=O)Nc3cccc(N4CCOC4=O)c3)oc12. The van der Waals surface area contributed by atoms with Crippen molar-refractivity contribution in [2.45, 2.75) is 20.8 Å². The second-order valence-corrected chi connectivity index (χ2v) is 6.73. The van der Waals surface area contributed by atoms with Crippen LogP contribution in [-0.4, -0.2) is 25.2 Å². The summed E-state index contributed by atoms with van der Waals surface area (Å²) in [6, 6.07) is 11.1. The molecule has 0 atom stereocenters. The van der Waals surface area contributed by atoms with Crippen molar-refractivity contribution >= 4 is 34.3 Å². The Kier molecular flexibility index (Phi) is 4.11. The van der Waals surface area contributed by atoms with E-state index in [0.29, 0.717) is 30.3 Å². The maximum atomic E-state index is 12.8. The molecule has 0 spiro atoms. The number of hydrogen-bond donors (Lipinski definition) is 1. The fraction of sp³-hybridized carbons (Fsp3) is 0.238. The van der Waals surface area contributed by atoms with E-state index in [1.54, 1.807) is 24.3 Å². The number of carbonyl (C=O) groups excluding carboxylic acids is 2. The van der Waals surface area contributed by atoms with Gasteiger partial charge in [-0.1, -0.05) is 18.2 Å². The van der Waals surface area contributed by atoms with E-state index in [2.05, 4.69) is 5.32 Å². The molecule has 3 aromatic rings. The van der Waals surface area contributed by atoms with Crippen molar-refractivity contribution in [1.29, 1.82) is 0 Å². The van der Waals surface area contributed by atoms with Gasteiger partial charge >= 0.3 is 6.09 Å². The summed E-state index contributed by atoms with van der Waals surface area (Å²) in [5.74, 6) is -0.0166. The third-order valence-electron chi connectivity index (χ3n) is 4.87. The number of hydrogen-bond acceptors (Lipinski definition) is 4. The molecule has 0 aliphatic carbocycles. The molecular formula is C21H20N2O4. The Morgan fingerprint density at radius 1 is 1.11 bits per heavy atom. The number of cyclic esters (lactones) is 1. The summed E-state index contributed by atoms with van der Waals surface area (Å²) < 4.78 is 10.9. The van der Waals surface area contributed by atoms with E-state index in [4.69, 9.17) is 9.15 Å². The smallest absolute Gasteiger partial charge is 0.414 e. The molecule has 0 unspecified atom stereocenters. The quantitative estimate of drug-likeness (QED) is 0.739. The molecular weight excluding hydrogens is 344 g/mol. The number of furan rings is 1. The minimum absolute atomic E-state index is 0.299. The molecule has 1 aliphatic rings. The van der Waals surface area contributed by atoms with Gasteiger partial charge in [0, 0.05) is 22.3 Å². The molecule has 0 radical (unpaired) electrons. The highest BCUT2D eigenvalue weighted by atomic mass is 16.6. The highest BCUT2D eigenvalue weighted by molar-refractivity contribution is 6.07. The highest BCUT2D eigenvalue weighted by Gasteiger charge is 2.24. The predicted octanol–water partition coefficient (Wildman–Crippen LogP) is 4.57. The summed E-state index contributed by atoms with van der Waals surface area (Å²) in [6.07, 6.45) is -0.377. The lowest BCUT2D eigenvalue weighted by atomic mass is 10.0. The summed E-state index contributed by atoms with van der Waals surface area (Å²) >= 11 is 0. The first-order valence-electron chi connectivity index (χ1n) is 8.80. The molecule has 2 aromatic carbocycles. The summed E-state index contributed by atoms with van der Waals surface area (Å²) in [4.78, 5) is 26.1. The van der Waals surface area contributed by atoms with Crippen LogP contribution in [0, 0.1) is 20.8 Å². The molecule has 1 saturated heterocycles. The van der Waals surface area contributed by atoms with Gasteiger partial charge in [-0.25, -0.2) is 4.79 Å². The third-order valence-corrected chi connectivity index (χ3v) is 4.87. The predicted molar refractivity (Wildman–Crippen MR) is 104 cm³/mol. The van der Waals surface area contributed by atoms with E-state index in [-0.39, 0.29) is 12.0 Å². The van der Waals surface area contributed by atoms with Crippen molar-refractivity contribution < 1.29 is 18.7 Å². The van der Waals surface area contributed by atoms with E-state index < -0.39 is 0 Å². The van der Waals surface area contributed by atoms with Crippen LogP contribution in [0.15, 0.2) is 40.8 Å². The Morgan fingerprint density at radius 2 is 1.89 bits per heavy atom. The molecule has 0 bridgehead atoms. The number of fused-ring (bicyclic) bond motifs is 1. The first-order valence-corrected chi connectivity index (χ1v) is 8.80. The maximum Gasteiger partial charge on any atom is 0.414 e. The average molecular weight is 364 g/mol. The number of anilines is 2. The molecule has 2 amide bonds. The second kappa shape index (κ2) is 6.46. The lowest BCUT2D eigenvalue weighted by molar-refractivity contribution is 0.0998. The molecule has 27 heavy (non-hydrogen) atoms. The molecule has 1 aliphatic heterocycles. The average Bonchev–Trinajstić information content (AvgIpc) is 3.23. The molecule has 1 N–H and O–H groups in total. The van der Waals surface area contributed by atoms with Gasteiger partial charge in [-0.15, -0.1) is 0 Å². The molecule has 0 saturated carbocycles. The van der Waals surface area contributed by atoms with Gasteiger partial charge in [0.1, 0.15) is 12.2 Å². The van der Waals surface area contributed by atoms with Crippen molar-refractivity contribution in [2.24, 2.45) is 0 Å². The normalized spacial score (nSPS) is 13.9. The summed E-state index contributed by atoms with van der Waals surface area (Å²) in [6.45, 7) is 6.73. The van der Waals surface area contributed by atoms with Gasteiger partial charge in [0.2, 0.25) is 0 Å². The van der Waals surface area contributed by atoms with E-state index in [0.717, 1.165) is 27.7 Å². The molecule has 4 rings (SSSR count). The topological polar surface area (TPSA) is 71.8 Å². The fourth-order valence-electron chi connectivity index (χ4n) is 3.46. The van der Waals surface area contributed by atoms with Crippen molar-refractivity contribution in [3.05, 3.63) is 58.8 Å². The highest BCUT2D eigenvalue weighted by Crippen LogP contribution is 2.31. The molecule has 1 fully saturated rings. The Morgan fingerprint density at radius 3 is 2.59 bits per heavy atom. The molecule has 6 heteroatoms. The van der Waals surface area contributed by atoms with Crippen LogP contribution >= 0.6 is 0 Å². The van der Waals surface area contributed by atoms with Crippen LogP contribution < -0.4 is 10.2 Å². The van der Waals surface area contributed by atoms with Crippen LogP contribution in [0.1, 0.15) is 27.2 Å². The molecule has 1 aromatic heterocycles. The Balaban J connectivity index is 1.64. The number of amides is 2. The Bertz CT molecular complexity index is 1070. The van der Waals surface area contributed by atoms with Crippen molar-refractivity contribution in [3.63, 3.8) is 0 Å². The summed E-state index contributed by atoms with van der Waals surface area (Å²) in [5, 5.41) is 3.85. The van der Waals surface area contributed by atoms with Crippen molar-refractivity contribution in [2.75, 3.05) is 23.4 Å². The van der Waals surface area contributed by atoms with Crippen molar-refractivity contribution in [3.8, 4) is 0 Å². The third kappa shape index (κ3) is 2.93. The minimum Gasteiger partial charge on any atom is -0.450 e. The van der Waals surface area contributed by atoms with Crippen LogP contribution in [0.4, 0.5) is 16.2 Å². The molecule has 2 heterocycles. The van der Waals surface area contributed by atoms with E-state index in [1.165, 1.54) is 4.90 Å². The number of nitrogens with one attached hydrogen (secondary N) is 1. The Hall–Kier alpha value is -3.28. The van der Waals surface area contributed by atoms with Gasteiger partial charge in [-0.05, 0) is 50.1 Å². The van der Waals surface area contributed by atoms with Crippen LogP contribution in [0.3, 0.4) is 0 Å². The number of carbonyl (C=O) groups is 2. The van der Waals surface area contributed by atoms with Gasteiger partial charge < -0.3 is 14.5 Å². The second-order valence-electron chi connectivity index (χ2n) is 6.73. The zero-order valence-electron chi connectivity index (χ0n) is 15.5. The van der Waals surface area contributed by atoms with Gasteiger partial charge in [-0.2, -0.15) is 0 Å². The lowest BCUT2D eigenvalue weighted by Gasteiger charge is -2.14. The van der Waals surface area contributed by atoms with Crippen LogP contribution in [0.5, 0.6) is 0 Å². The fourth-order valence-corrected chi connectivity index (χ4v) is 3.46. The van der Waals surface area contributed by atoms with Crippen molar-refractivity contribution in [1.82, 2.24) is 0 Å². The number of rotatable bonds is 3. The Labute approximate surface area is 156 Å². The zero-order chi connectivity index (χ0) is 19.1. The first kappa shape index (κ1) is 17.1. The first-order chi connectivity index (χ1) is 13.0. The monoisotopic (exact) mass is 364 g/mol. The number of benzene rings is 2. The summed E-state index contributed by atoms with van der Waals surface area (Å²) in [7, 11) is 0.